The number of carbonyl (C=O) groups is 1. The minimum absolute atomic E-state index is 0.281. The van der Waals surface area contributed by atoms with Crippen molar-refractivity contribution in [3.8, 4) is 0 Å². The second-order valence-corrected chi connectivity index (χ2v) is 3.55. The first-order valence-corrected chi connectivity index (χ1v) is 4.86. The summed E-state index contributed by atoms with van der Waals surface area (Å²) in [7, 11) is 0. The zero-order chi connectivity index (χ0) is 10.1. The quantitative estimate of drug-likeness (QED) is 0.745. The van der Waals surface area contributed by atoms with E-state index < -0.39 is 5.97 Å². The predicted molar refractivity (Wildman–Crippen MR) is 48.8 cm³/mol. The van der Waals surface area contributed by atoms with Crippen LogP contribution in [0, 0.1) is 5.92 Å². The van der Waals surface area contributed by atoms with Crippen LogP contribution in [0.25, 0.3) is 0 Å². The summed E-state index contributed by atoms with van der Waals surface area (Å²) in [6.45, 7) is 2.68. The van der Waals surface area contributed by atoms with Crippen LogP contribution >= 0.6 is 0 Å². The monoisotopic (exact) mass is 195 g/mol. The van der Waals surface area contributed by atoms with Crippen molar-refractivity contribution >= 4 is 5.97 Å². The molecule has 76 valence electrons. The van der Waals surface area contributed by atoms with Crippen LogP contribution < -0.4 is 0 Å². The molecule has 1 aliphatic rings. The van der Waals surface area contributed by atoms with E-state index in [0.29, 0.717) is 19.4 Å². The molecule has 2 rings (SSSR count). The molecule has 1 unspecified atom stereocenters. The highest BCUT2D eigenvalue weighted by Gasteiger charge is 2.26. The Kier molecular flexibility index (Phi) is 2.23. The second kappa shape index (κ2) is 3.40. The number of carboxylic acids is 1. The number of hydrogen-bond donors (Lipinski definition) is 1. The van der Waals surface area contributed by atoms with Gasteiger partial charge in [-0.05, 0) is 6.42 Å². The minimum Gasteiger partial charge on any atom is -0.481 e. The molecule has 14 heavy (non-hydrogen) atoms. The van der Waals surface area contributed by atoms with Crippen LogP contribution in [0.15, 0.2) is 0 Å². The number of aliphatic carboxylic acids is 1. The van der Waals surface area contributed by atoms with Crippen molar-refractivity contribution in [3.63, 3.8) is 0 Å². The van der Waals surface area contributed by atoms with Crippen molar-refractivity contribution in [2.24, 2.45) is 5.92 Å². The van der Waals surface area contributed by atoms with E-state index in [0.717, 1.165) is 18.1 Å². The van der Waals surface area contributed by atoms with Crippen molar-refractivity contribution in [3.05, 3.63) is 11.6 Å². The predicted octanol–water partition coefficient (Wildman–Crippen LogP) is 0.487. The molecule has 0 spiro atoms. The summed E-state index contributed by atoms with van der Waals surface area (Å²) in [4.78, 5) is 15.1. The fourth-order valence-electron chi connectivity index (χ4n) is 1.72. The van der Waals surface area contributed by atoms with Gasteiger partial charge in [0.15, 0.2) is 5.82 Å². The van der Waals surface area contributed by atoms with Gasteiger partial charge in [-0.3, -0.25) is 4.79 Å². The SMILES string of the molecule is CCc1nc2n(n1)CCC(C(=O)O)C2. The minimum atomic E-state index is -0.725. The summed E-state index contributed by atoms with van der Waals surface area (Å²) in [5.74, 6) is 0.625. The van der Waals surface area contributed by atoms with Gasteiger partial charge >= 0.3 is 5.97 Å². The number of fused-ring (bicyclic) bond motifs is 1. The molecule has 5 nitrogen and oxygen atoms in total. The first kappa shape index (κ1) is 9.18. The lowest BCUT2D eigenvalue weighted by Gasteiger charge is -2.17. The van der Waals surface area contributed by atoms with Crippen molar-refractivity contribution in [2.45, 2.75) is 32.7 Å². The summed E-state index contributed by atoms with van der Waals surface area (Å²) in [6.07, 6.45) is 1.98. The second-order valence-electron chi connectivity index (χ2n) is 3.55. The molecule has 1 atom stereocenters. The average molecular weight is 195 g/mol. The van der Waals surface area contributed by atoms with Crippen LogP contribution in [0.5, 0.6) is 0 Å². The number of nitrogens with zero attached hydrogens (tertiary/aromatic N) is 3. The van der Waals surface area contributed by atoms with Gasteiger partial charge in [-0.15, -0.1) is 0 Å². The van der Waals surface area contributed by atoms with E-state index in [4.69, 9.17) is 5.11 Å². The Hall–Kier alpha value is -1.39. The molecule has 0 aromatic carbocycles. The Morgan fingerprint density at radius 2 is 2.50 bits per heavy atom. The molecule has 0 saturated carbocycles. The smallest absolute Gasteiger partial charge is 0.307 e. The van der Waals surface area contributed by atoms with E-state index >= 15 is 0 Å². The standard InChI is InChI=1S/C9H13N3O2/c1-2-7-10-8-5-6(9(13)14)3-4-12(8)11-7/h6H,2-5H2,1H3,(H,13,14). The molecule has 2 heterocycles. The third kappa shape index (κ3) is 1.49. The fraction of sp³-hybridized carbons (Fsp3) is 0.667. The molecule has 0 amide bonds. The maximum Gasteiger partial charge on any atom is 0.307 e. The maximum atomic E-state index is 10.8. The lowest BCUT2D eigenvalue weighted by atomic mass is 9.98. The summed E-state index contributed by atoms with van der Waals surface area (Å²) >= 11 is 0. The van der Waals surface area contributed by atoms with Gasteiger partial charge in [0, 0.05) is 19.4 Å². The summed E-state index contributed by atoms with van der Waals surface area (Å²) in [5.41, 5.74) is 0. The number of aromatic nitrogens is 3. The molecule has 0 aliphatic carbocycles. The van der Waals surface area contributed by atoms with Gasteiger partial charge in [-0.1, -0.05) is 6.92 Å². The van der Waals surface area contributed by atoms with Crippen LogP contribution in [0.2, 0.25) is 0 Å². The highest BCUT2D eigenvalue weighted by molar-refractivity contribution is 5.70. The van der Waals surface area contributed by atoms with E-state index in [-0.39, 0.29) is 5.92 Å². The normalized spacial score (nSPS) is 20.5. The third-order valence-electron chi connectivity index (χ3n) is 2.58. The van der Waals surface area contributed by atoms with Crippen molar-refractivity contribution < 1.29 is 9.90 Å². The van der Waals surface area contributed by atoms with Crippen LogP contribution in [-0.4, -0.2) is 25.8 Å². The van der Waals surface area contributed by atoms with E-state index in [1.165, 1.54) is 0 Å². The molecule has 0 bridgehead atoms. The van der Waals surface area contributed by atoms with E-state index in [1.54, 1.807) is 0 Å². The molecule has 1 aliphatic heterocycles. The molecular formula is C9H13N3O2. The van der Waals surface area contributed by atoms with Crippen molar-refractivity contribution in [1.82, 2.24) is 14.8 Å². The van der Waals surface area contributed by atoms with Gasteiger partial charge in [-0.25, -0.2) is 9.67 Å². The van der Waals surface area contributed by atoms with Crippen LogP contribution in [0.3, 0.4) is 0 Å². The van der Waals surface area contributed by atoms with E-state index in [1.807, 2.05) is 11.6 Å². The Bertz CT molecular complexity index is 359. The Labute approximate surface area is 81.8 Å². The van der Waals surface area contributed by atoms with Crippen molar-refractivity contribution in [2.75, 3.05) is 0 Å². The van der Waals surface area contributed by atoms with Gasteiger partial charge in [0.05, 0.1) is 5.92 Å². The lowest BCUT2D eigenvalue weighted by molar-refractivity contribution is -0.142. The lowest BCUT2D eigenvalue weighted by Crippen LogP contribution is -2.26. The zero-order valence-electron chi connectivity index (χ0n) is 8.10. The van der Waals surface area contributed by atoms with Crippen LogP contribution in [-0.2, 0) is 24.2 Å². The number of aryl methyl sites for hydroxylation is 2. The molecule has 1 N–H and O–H groups in total. The third-order valence-corrected chi connectivity index (χ3v) is 2.58. The number of hydrogen-bond acceptors (Lipinski definition) is 3. The zero-order valence-corrected chi connectivity index (χ0v) is 8.10. The first-order chi connectivity index (χ1) is 6.70. The first-order valence-electron chi connectivity index (χ1n) is 4.86. The summed E-state index contributed by atoms with van der Waals surface area (Å²) < 4.78 is 1.83. The molecule has 1 aromatic heterocycles. The topological polar surface area (TPSA) is 68.0 Å². The molecule has 5 heteroatoms. The average Bonchev–Trinajstić information content (AvgIpc) is 2.58. The van der Waals surface area contributed by atoms with Gasteiger partial charge in [0.1, 0.15) is 5.82 Å². The molecule has 0 radical (unpaired) electrons. The molecule has 1 aromatic rings. The molecule has 0 saturated heterocycles. The van der Waals surface area contributed by atoms with E-state index in [2.05, 4.69) is 10.1 Å². The Morgan fingerprint density at radius 3 is 3.14 bits per heavy atom. The van der Waals surface area contributed by atoms with Gasteiger partial charge in [-0.2, -0.15) is 5.10 Å². The highest BCUT2D eigenvalue weighted by atomic mass is 16.4. The largest absolute Gasteiger partial charge is 0.481 e. The van der Waals surface area contributed by atoms with Gasteiger partial charge in [0.2, 0.25) is 0 Å². The number of carboxylic acid groups (broad SMARTS) is 1. The highest BCUT2D eigenvalue weighted by Crippen LogP contribution is 2.18. The molecule has 0 fully saturated rings. The summed E-state index contributed by atoms with van der Waals surface area (Å²) in [5, 5.41) is 13.1. The summed E-state index contributed by atoms with van der Waals surface area (Å²) in [6, 6.07) is 0. The number of rotatable bonds is 2. The van der Waals surface area contributed by atoms with Gasteiger partial charge < -0.3 is 5.11 Å². The van der Waals surface area contributed by atoms with Gasteiger partial charge in [0.25, 0.3) is 0 Å². The van der Waals surface area contributed by atoms with Crippen LogP contribution in [0.1, 0.15) is 25.0 Å². The fourth-order valence-corrected chi connectivity index (χ4v) is 1.72. The van der Waals surface area contributed by atoms with Crippen LogP contribution in [0.4, 0.5) is 0 Å². The Morgan fingerprint density at radius 1 is 1.71 bits per heavy atom. The molecular weight excluding hydrogens is 182 g/mol. The van der Waals surface area contributed by atoms with Crippen molar-refractivity contribution in [1.29, 1.82) is 0 Å². The maximum absolute atomic E-state index is 10.8. The van der Waals surface area contributed by atoms with E-state index in [9.17, 15) is 4.79 Å². The Balaban J connectivity index is 2.21.